The first-order valence-corrected chi connectivity index (χ1v) is 6.16. The predicted octanol–water partition coefficient (Wildman–Crippen LogP) is 1.78. The Kier molecular flexibility index (Phi) is 5.89. The topological polar surface area (TPSA) is 139 Å². The Morgan fingerprint density at radius 2 is 1.74 bits per heavy atom. The molecule has 0 amide bonds. The van der Waals surface area contributed by atoms with Gasteiger partial charge in [0.05, 0.1) is 15.9 Å². The highest BCUT2D eigenvalue weighted by molar-refractivity contribution is 5.94. The van der Waals surface area contributed by atoms with Crippen LogP contribution in [0.4, 0.5) is 11.4 Å². The van der Waals surface area contributed by atoms with Crippen LogP contribution in [0.25, 0.3) is 0 Å². The monoisotopic (exact) mass is 324 g/mol. The summed E-state index contributed by atoms with van der Waals surface area (Å²) in [6.07, 6.45) is 0. The van der Waals surface area contributed by atoms with E-state index in [0.717, 1.165) is 12.1 Å². The molecule has 1 rings (SSSR count). The summed E-state index contributed by atoms with van der Waals surface area (Å²) in [4.78, 5) is 42.6. The molecule has 122 valence electrons. The van der Waals surface area contributed by atoms with Gasteiger partial charge in [-0.2, -0.15) is 0 Å². The lowest BCUT2D eigenvalue weighted by Gasteiger charge is -2.06. The summed E-state index contributed by atoms with van der Waals surface area (Å²) in [5.74, 6) is -1.72. The number of nitro benzene ring substituents is 2. The Morgan fingerprint density at radius 1 is 1.13 bits per heavy atom. The molecule has 0 unspecified atom stereocenters. The number of carbonyl (C=O) groups excluding carboxylic acids is 2. The van der Waals surface area contributed by atoms with Gasteiger partial charge < -0.3 is 9.47 Å². The molecule has 0 radical (unpaired) electrons. The summed E-state index contributed by atoms with van der Waals surface area (Å²) < 4.78 is 9.41. The maximum atomic E-state index is 11.8. The Morgan fingerprint density at radius 3 is 2.26 bits per heavy atom. The zero-order valence-electron chi connectivity index (χ0n) is 12.0. The number of rotatable bonds is 7. The third-order valence-corrected chi connectivity index (χ3v) is 2.51. The van der Waals surface area contributed by atoms with Gasteiger partial charge in [0.25, 0.3) is 11.4 Å². The summed E-state index contributed by atoms with van der Waals surface area (Å²) >= 11 is 0. The molecule has 0 spiro atoms. The first kappa shape index (κ1) is 17.8. The van der Waals surface area contributed by atoms with Gasteiger partial charge in [-0.05, 0) is 13.0 Å². The van der Waals surface area contributed by atoms with Crippen LogP contribution in [-0.2, 0) is 14.3 Å². The van der Waals surface area contributed by atoms with E-state index in [1.165, 1.54) is 6.92 Å². The molecule has 0 aromatic heterocycles. The van der Waals surface area contributed by atoms with Crippen molar-refractivity contribution in [3.05, 3.63) is 56.1 Å². The van der Waals surface area contributed by atoms with E-state index < -0.39 is 38.7 Å². The molecular formula is C13H12N2O8. The molecule has 0 bridgehead atoms. The number of hydrogen-bond donors (Lipinski definition) is 0. The SMILES string of the molecule is C=C(C)C(=O)OCCOC(=O)c1ccc([N+](=O)[O-])cc1[N+](=O)[O-]. The third kappa shape index (κ3) is 4.88. The molecule has 0 saturated heterocycles. The number of ether oxygens (including phenoxy) is 2. The summed E-state index contributed by atoms with van der Waals surface area (Å²) in [5, 5.41) is 21.5. The molecule has 23 heavy (non-hydrogen) atoms. The molecule has 10 heteroatoms. The van der Waals surface area contributed by atoms with Gasteiger partial charge in [0.15, 0.2) is 0 Å². The van der Waals surface area contributed by atoms with Gasteiger partial charge >= 0.3 is 11.9 Å². The lowest BCUT2D eigenvalue weighted by atomic mass is 10.1. The van der Waals surface area contributed by atoms with Gasteiger partial charge in [-0.25, -0.2) is 9.59 Å². The second-order valence-corrected chi connectivity index (χ2v) is 4.27. The summed E-state index contributed by atoms with van der Waals surface area (Å²) in [7, 11) is 0. The second kappa shape index (κ2) is 7.64. The second-order valence-electron chi connectivity index (χ2n) is 4.27. The Hall–Kier alpha value is -3.30. The zero-order valence-corrected chi connectivity index (χ0v) is 12.0. The fraction of sp³-hybridized carbons (Fsp3) is 0.231. The normalized spacial score (nSPS) is 9.78. The van der Waals surface area contributed by atoms with E-state index in [9.17, 15) is 29.8 Å². The standard InChI is InChI=1S/C13H12N2O8/c1-8(2)12(16)22-5-6-23-13(17)10-4-3-9(14(18)19)7-11(10)15(20)21/h3-4,7H,1,5-6H2,2H3. The van der Waals surface area contributed by atoms with Crippen molar-refractivity contribution in [1.82, 2.24) is 0 Å². The fourth-order valence-electron chi connectivity index (χ4n) is 1.43. The van der Waals surface area contributed by atoms with Crippen LogP contribution in [0.2, 0.25) is 0 Å². The van der Waals surface area contributed by atoms with E-state index in [1.54, 1.807) is 0 Å². The lowest BCUT2D eigenvalue weighted by Crippen LogP contribution is -2.15. The minimum absolute atomic E-state index is 0.169. The van der Waals surface area contributed by atoms with E-state index in [0.29, 0.717) is 6.07 Å². The van der Waals surface area contributed by atoms with Crippen molar-refractivity contribution in [3.63, 3.8) is 0 Å². The Balaban J connectivity index is 2.76. The molecule has 0 atom stereocenters. The molecule has 0 fully saturated rings. The molecule has 1 aromatic carbocycles. The average Bonchev–Trinajstić information content (AvgIpc) is 2.50. The van der Waals surface area contributed by atoms with E-state index >= 15 is 0 Å². The number of benzene rings is 1. The first-order valence-electron chi connectivity index (χ1n) is 6.16. The van der Waals surface area contributed by atoms with E-state index in [-0.39, 0.29) is 18.8 Å². The van der Waals surface area contributed by atoms with Crippen LogP contribution >= 0.6 is 0 Å². The average molecular weight is 324 g/mol. The van der Waals surface area contributed by atoms with Crippen molar-refractivity contribution in [3.8, 4) is 0 Å². The number of carbonyl (C=O) groups is 2. The predicted molar refractivity (Wildman–Crippen MR) is 75.8 cm³/mol. The van der Waals surface area contributed by atoms with Crippen molar-refractivity contribution in [2.45, 2.75) is 6.92 Å². The molecule has 0 saturated carbocycles. The smallest absolute Gasteiger partial charge is 0.345 e. The molecule has 10 nitrogen and oxygen atoms in total. The van der Waals surface area contributed by atoms with Crippen LogP contribution < -0.4 is 0 Å². The molecule has 1 aromatic rings. The maximum absolute atomic E-state index is 11.8. The van der Waals surface area contributed by atoms with Crippen LogP contribution in [0.3, 0.4) is 0 Å². The summed E-state index contributed by atoms with van der Waals surface area (Å²) in [6, 6.07) is 2.54. The molecule has 0 heterocycles. The van der Waals surface area contributed by atoms with Crippen LogP contribution in [0.5, 0.6) is 0 Å². The van der Waals surface area contributed by atoms with E-state index in [2.05, 4.69) is 11.3 Å². The zero-order chi connectivity index (χ0) is 17.6. The van der Waals surface area contributed by atoms with Gasteiger partial charge in [-0.1, -0.05) is 6.58 Å². The number of nitro groups is 2. The van der Waals surface area contributed by atoms with Gasteiger partial charge in [-0.3, -0.25) is 20.2 Å². The fourth-order valence-corrected chi connectivity index (χ4v) is 1.43. The van der Waals surface area contributed by atoms with Gasteiger partial charge in [0.1, 0.15) is 18.8 Å². The van der Waals surface area contributed by atoms with Crippen LogP contribution in [0.1, 0.15) is 17.3 Å². The lowest BCUT2D eigenvalue weighted by molar-refractivity contribution is -0.394. The van der Waals surface area contributed by atoms with Crippen molar-refractivity contribution < 1.29 is 28.9 Å². The number of nitrogens with zero attached hydrogens (tertiary/aromatic N) is 2. The quantitative estimate of drug-likeness (QED) is 0.243. The third-order valence-electron chi connectivity index (χ3n) is 2.51. The Bertz CT molecular complexity index is 683. The minimum atomic E-state index is -1.06. The van der Waals surface area contributed by atoms with Gasteiger partial charge in [0, 0.05) is 11.6 Å². The van der Waals surface area contributed by atoms with Gasteiger partial charge in [0.2, 0.25) is 0 Å². The number of hydrogen-bond acceptors (Lipinski definition) is 8. The first-order chi connectivity index (χ1) is 10.7. The molecular weight excluding hydrogens is 312 g/mol. The number of non-ortho nitro benzene ring substituents is 1. The van der Waals surface area contributed by atoms with Crippen LogP contribution in [-0.4, -0.2) is 35.0 Å². The maximum Gasteiger partial charge on any atom is 0.345 e. The van der Waals surface area contributed by atoms with E-state index in [4.69, 9.17) is 4.74 Å². The van der Waals surface area contributed by atoms with Crippen molar-refractivity contribution >= 4 is 23.3 Å². The summed E-state index contributed by atoms with van der Waals surface area (Å²) in [5.41, 5.74) is -1.54. The number of esters is 2. The highest BCUT2D eigenvalue weighted by Gasteiger charge is 2.25. The molecule has 0 N–H and O–H groups in total. The molecule has 0 aliphatic heterocycles. The molecule has 0 aliphatic carbocycles. The minimum Gasteiger partial charge on any atom is -0.459 e. The van der Waals surface area contributed by atoms with Crippen LogP contribution in [0.15, 0.2) is 30.4 Å². The highest BCUT2D eigenvalue weighted by atomic mass is 16.6. The van der Waals surface area contributed by atoms with E-state index in [1.807, 2.05) is 0 Å². The van der Waals surface area contributed by atoms with Crippen LogP contribution in [0, 0.1) is 20.2 Å². The largest absolute Gasteiger partial charge is 0.459 e. The highest BCUT2D eigenvalue weighted by Crippen LogP contribution is 2.25. The molecule has 0 aliphatic rings. The van der Waals surface area contributed by atoms with Crippen molar-refractivity contribution in [2.24, 2.45) is 0 Å². The van der Waals surface area contributed by atoms with Crippen molar-refractivity contribution in [2.75, 3.05) is 13.2 Å². The summed E-state index contributed by atoms with van der Waals surface area (Å²) in [6.45, 7) is 4.22. The van der Waals surface area contributed by atoms with Gasteiger partial charge in [-0.15, -0.1) is 0 Å². The van der Waals surface area contributed by atoms with Crippen molar-refractivity contribution in [1.29, 1.82) is 0 Å². The Labute approximate surface area is 129 Å².